The van der Waals surface area contributed by atoms with Crippen LogP contribution in [0.3, 0.4) is 0 Å². The Morgan fingerprint density at radius 2 is 0.750 bits per heavy atom. The van der Waals surface area contributed by atoms with Crippen molar-refractivity contribution in [1.82, 2.24) is 5.32 Å². The van der Waals surface area contributed by atoms with Gasteiger partial charge in [-0.05, 0) is 89.9 Å². The summed E-state index contributed by atoms with van der Waals surface area (Å²) < 4.78 is 0. The van der Waals surface area contributed by atoms with Crippen molar-refractivity contribution >= 4 is 5.91 Å². The van der Waals surface area contributed by atoms with Crippen LogP contribution in [-0.4, -0.2) is 34.9 Å². The van der Waals surface area contributed by atoms with E-state index in [2.05, 4.69) is 104 Å². The second kappa shape index (κ2) is 50.7. The minimum Gasteiger partial charge on any atom is -0.394 e. The fourth-order valence-corrected chi connectivity index (χ4v) is 7.18. The standard InChI is InChI=1S/C56H97NO3/c1-3-5-7-9-11-13-15-17-19-21-23-25-27-28-30-31-33-35-37-39-41-43-45-47-49-51-55(59)54(53-58)57-56(60)52-50-48-46-44-42-40-38-36-34-32-29-26-24-22-20-18-16-14-12-10-8-6-4-2/h6,8,12,14,18,20,24,26,32-35,41,43,49,51,54-55,58-59H,3-5,7,9-11,13,15-17,19,21-23,25,27-31,36-40,42,44-48,50,52-53H2,1-2H3,(H,57,60)/b8-6-,14-12-,20-18-,26-24-,34-32-,35-33+,43-41+,51-49+. The molecule has 0 aromatic carbocycles. The molecule has 0 aliphatic carbocycles. The van der Waals surface area contributed by atoms with Crippen LogP contribution in [0.15, 0.2) is 97.2 Å². The molecule has 0 aromatic heterocycles. The molecule has 0 saturated heterocycles. The van der Waals surface area contributed by atoms with Crippen LogP contribution in [0.2, 0.25) is 0 Å². The van der Waals surface area contributed by atoms with Gasteiger partial charge in [0.2, 0.25) is 5.91 Å². The van der Waals surface area contributed by atoms with Gasteiger partial charge in [-0.15, -0.1) is 0 Å². The molecule has 0 fully saturated rings. The van der Waals surface area contributed by atoms with Gasteiger partial charge in [-0.25, -0.2) is 0 Å². The molecule has 0 spiro atoms. The van der Waals surface area contributed by atoms with E-state index < -0.39 is 12.1 Å². The second-order valence-corrected chi connectivity index (χ2v) is 16.8. The van der Waals surface area contributed by atoms with E-state index in [9.17, 15) is 15.0 Å². The van der Waals surface area contributed by atoms with E-state index in [1.807, 2.05) is 6.08 Å². The molecule has 3 N–H and O–H groups in total. The van der Waals surface area contributed by atoms with Crippen molar-refractivity contribution in [3.8, 4) is 0 Å². The molecule has 0 heterocycles. The highest BCUT2D eigenvalue weighted by atomic mass is 16.3. The number of allylic oxidation sites excluding steroid dienone is 15. The molecule has 2 atom stereocenters. The van der Waals surface area contributed by atoms with Crippen molar-refractivity contribution in [2.45, 2.75) is 244 Å². The van der Waals surface area contributed by atoms with Gasteiger partial charge in [0.25, 0.3) is 0 Å². The maximum atomic E-state index is 12.4. The zero-order valence-electron chi connectivity index (χ0n) is 39.4. The molecular formula is C56H97NO3. The van der Waals surface area contributed by atoms with Gasteiger partial charge in [0.05, 0.1) is 18.8 Å². The van der Waals surface area contributed by atoms with E-state index in [1.165, 1.54) is 128 Å². The molecule has 0 saturated carbocycles. The first-order valence-electron chi connectivity index (χ1n) is 25.5. The van der Waals surface area contributed by atoms with E-state index in [0.717, 1.165) is 83.5 Å². The summed E-state index contributed by atoms with van der Waals surface area (Å²) in [6.07, 6.45) is 75.4. The predicted octanol–water partition coefficient (Wildman–Crippen LogP) is 16.6. The number of nitrogens with one attached hydrogen (secondary N) is 1. The van der Waals surface area contributed by atoms with Gasteiger partial charge in [-0.3, -0.25) is 4.79 Å². The van der Waals surface area contributed by atoms with E-state index in [1.54, 1.807) is 6.08 Å². The van der Waals surface area contributed by atoms with Crippen LogP contribution in [0.1, 0.15) is 232 Å². The number of rotatable bonds is 45. The lowest BCUT2D eigenvalue weighted by Crippen LogP contribution is -2.45. The summed E-state index contributed by atoms with van der Waals surface area (Å²) in [7, 11) is 0. The smallest absolute Gasteiger partial charge is 0.220 e. The quantitative estimate of drug-likeness (QED) is 0.0423. The average Bonchev–Trinajstić information content (AvgIpc) is 3.25. The number of carbonyl (C=O) groups is 1. The summed E-state index contributed by atoms with van der Waals surface area (Å²) >= 11 is 0. The summed E-state index contributed by atoms with van der Waals surface area (Å²) in [4.78, 5) is 12.4. The summed E-state index contributed by atoms with van der Waals surface area (Å²) in [5, 5.41) is 23.1. The Kier molecular flexibility index (Phi) is 48.4. The number of amides is 1. The zero-order valence-corrected chi connectivity index (χ0v) is 39.4. The van der Waals surface area contributed by atoms with Gasteiger partial charge in [0.1, 0.15) is 0 Å². The van der Waals surface area contributed by atoms with Crippen LogP contribution in [-0.2, 0) is 4.79 Å². The van der Waals surface area contributed by atoms with E-state index in [-0.39, 0.29) is 12.5 Å². The molecule has 4 nitrogen and oxygen atoms in total. The number of aliphatic hydroxyl groups is 2. The predicted molar refractivity (Wildman–Crippen MR) is 266 cm³/mol. The highest BCUT2D eigenvalue weighted by Crippen LogP contribution is 2.15. The monoisotopic (exact) mass is 832 g/mol. The maximum absolute atomic E-state index is 12.4. The largest absolute Gasteiger partial charge is 0.394 e. The molecule has 1 amide bonds. The molecule has 0 aliphatic heterocycles. The van der Waals surface area contributed by atoms with Crippen molar-refractivity contribution < 1.29 is 15.0 Å². The average molecular weight is 832 g/mol. The Hall–Kier alpha value is -2.69. The molecule has 4 heteroatoms. The number of unbranched alkanes of at least 4 members (excludes halogenated alkanes) is 24. The lowest BCUT2D eigenvalue weighted by molar-refractivity contribution is -0.123. The van der Waals surface area contributed by atoms with Crippen molar-refractivity contribution in [1.29, 1.82) is 0 Å². The summed E-state index contributed by atoms with van der Waals surface area (Å²) in [6, 6.07) is -0.659. The van der Waals surface area contributed by atoms with Crippen LogP contribution in [0, 0.1) is 0 Å². The molecule has 60 heavy (non-hydrogen) atoms. The number of hydrogen-bond acceptors (Lipinski definition) is 3. The first-order valence-corrected chi connectivity index (χ1v) is 25.5. The Labute approximate surface area is 373 Å². The summed E-state index contributed by atoms with van der Waals surface area (Å²) in [6.45, 7) is 4.18. The third-order valence-electron chi connectivity index (χ3n) is 11.0. The van der Waals surface area contributed by atoms with Crippen molar-refractivity contribution in [3.05, 3.63) is 97.2 Å². The normalized spacial score (nSPS) is 13.7. The first-order chi connectivity index (χ1) is 29.7. The number of aliphatic hydroxyl groups excluding tert-OH is 2. The lowest BCUT2D eigenvalue weighted by Gasteiger charge is -2.19. The van der Waals surface area contributed by atoms with Crippen LogP contribution < -0.4 is 5.32 Å². The first kappa shape index (κ1) is 57.3. The molecule has 0 radical (unpaired) electrons. The molecule has 0 bridgehead atoms. The number of carbonyl (C=O) groups excluding carboxylic acids is 1. The zero-order chi connectivity index (χ0) is 43.5. The molecular weight excluding hydrogens is 735 g/mol. The Balaban J connectivity index is 3.66. The topological polar surface area (TPSA) is 69.6 Å². The van der Waals surface area contributed by atoms with Gasteiger partial charge < -0.3 is 15.5 Å². The van der Waals surface area contributed by atoms with Crippen molar-refractivity contribution in [2.75, 3.05) is 6.61 Å². The minimum absolute atomic E-state index is 0.0923. The minimum atomic E-state index is -0.882. The van der Waals surface area contributed by atoms with Crippen LogP contribution in [0.5, 0.6) is 0 Å². The number of hydrogen-bond donors (Lipinski definition) is 3. The van der Waals surface area contributed by atoms with Crippen molar-refractivity contribution in [3.63, 3.8) is 0 Å². The van der Waals surface area contributed by atoms with E-state index in [4.69, 9.17) is 0 Å². The van der Waals surface area contributed by atoms with Gasteiger partial charge in [0, 0.05) is 6.42 Å². The lowest BCUT2D eigenvalue weighted by atomic mass is 10.0. The van der Waals surface area contributed by atoms with E-state index >= 15 is 0 Å². The highest BCUT2D eigenvalue weighted by Gasteiger charge is 2.17. The van der Waals surface area contributed by atoms with Crippen LogP contribution >= 0.6 is 0 Å². The van der Waals surface area contributed by atoms with E-state index in [0.29, 0.717) is 6.42 Å². The maximum Gasteiger partial charge on any atom is 0.220 e. The Morgan fingerprint density at radius 1 is 0.417 bits per heavy atom. The van der Waals surface area contributed by atoms with Crippen LogP contribution in [0.4, 0.5) is 0 Å². The van der Waals surface area contributed by atoms with Gasteiger partial charge in [-0.1, -0.05) is 233 Å². The van der Waals surface area contributed by atoms with Crippen LogP contribution in [0.25, 0.3) is 0 Å². The fourth-order valence-electron chi connectivity index (χ4n) is 7.18. The SMILES string of the molecule is CC/C=C\C/C=C\C/C=C\C/C=C\C/C=C\CCCCCCCCCC(=O)NC(CO)C(O)/C=C/CC/C=C/CC/C=C/CCCCCCCCCCCCCCCCC. The van der Waals surface area contributed by atoms with Crippen molar-refractivity contribution in [2.24, 2.45) is 0 Å². The van der Waals surface area contributed by atoms with Gasteiger partial charge in [-0.2, -0.15) is 0 Å². The third-order valence-corrected chi connectivity index (χ3v) is 11.0. The molecule has 0 rings (SSSR count). The van der Waals surface area contributed by atoms with Gasteiger partial charge in [0.15, 0.2) is 0 Å². The second-order valence-electron chi connectivity index (χ2n) is 16.8. The highest BCUT2D eigenvalue weighted by molar-refractivity contribution is 5.76. The van der Waals surface area contributed by atoms with Gasteiger partial charge >= 0.3 is 0 Å². The summed E-state index contributed by atoms with van der Waals surface area (Å²) in [5.74, 6) is -0.0923. The molecule has 0 aromatic rings. The summed E-state index contributed by atoms with van der Waals surface area (Å²) in [5.41, 5.74) is 0. The Bertz CT molecular complexity index is 1130. The fraction of sp³-hybridized carbons (Fsp3) is 0.696. The molecule has 2 unspecified atom stereocenters. The third kappa shape index (κ3) is 46.4. The molecule has 344 valence electrons. The molecule has 0 aliphatic rings. The Morgan fingerprint density at radius 3 is 1.17 bits per heavy atom.